The Hall–Kier alpha value is -1.76. The second kappa shape index (κ2) is 7.21. The fourth-order valence-corrected chi connectivity index (χ4v) is 4.10. The Morgan fingerprint density at radius 3 is 2.30 bits per heavy atom. The van der Waals surface area contributed by atoms with Gasteiger partial charge in [-0.2, -0.15) is 0 Å². The summed E-state index contributed by atoms with van der Waals surface area (Å²) in [6.45, 7) is 1.61. The van der Waals surface area contributed by atoms with E-state index in [4.69, 9.17) is 4.74 Å². The van der Waals surface area contributed by atoms with Crippen molar-refractivity contribution < 1.29 is 17.9 Å². The summed E-state index contributed by atoms with van der Waals surface area (Å²) in [5.41, 5.74) is 0.447. The smallest absolute Gasteiger partial charge is 0.243 e. The number of rotatable bonds is 6. The lowest BCUT2D eigenvalue weighted by Gasteiger charge is -2.29. The Morgan fingerprint density at radius 2 is 1.83 bits per heavy atom. The minimum absolute atomic E-state index is 0.155. The predicted molar refractivity (Wildman–Crippen MR) is 90.2 cm³/mol. The molecule has 0 aliphatic heterocycles. The molecule has 23 heavy (non-hydrogen) atoms. The molecular weight excluding hydrogens is 316 g/mol. The molecule has 1 amide bonds. The van der Waals surface area contributed by atoms with E-state index >= 15 is 0 Å². The molecule has 128 valence electrons. The molecule has 1 fully saturated rings. The number of carbonyl (C=O) groups is 1. The number of nitrogens with zero attached hydrogens (tertiary/aromatic N) is 1. The third-order valence-electron chi connectivity index (χ3n) is 4.12. The maximum Gasteiger partial charge on any atom is 0.243 e. The number of benzene rings is 1. The molecule has 0 aromatic heterocycles. The molecule has 1 aromatic rings. The fraction of sp³-hybridized carbons (Fsp3) is 0.562. The van der Waals surface area contributed by atoms with E-state index < -0.39 is 16.1 Å². The van der Waals surface area contributed by atoms with Crippen molar-refractivity contribution in [1.29, 1.82) is 0 Å². The summed E-state index contributed by atoms with van der Waals surface area (Å²) in [7, 11) is -2.04. The minimum atomic E-state index is -3.58. The van der Waals surface area contributed by atoms with Crippen molar-refractivity contribution in [2.45, 2.75) is 44.7 Å². The van der Waals surface area contributed by atoms with Crippen molar-refractivity contribution >= 4 is 21.6 Å². The van der Waals surface area contributed by atoms with Crippen molar-refractivity contribution in [2.24, 2.45) is 0 Å². The van der Waals surface area contributed by atoms with Gasteiger partial charge in [-0.15, -0.1) is 0 Å². The number of sulfonamides is 1. The van der Waals surface area contributed by atoms with Gasteiger partial charge in [-0.1, -0.05) is 12.8 Å². The highest BCUT2D eigenvalue weighted by Gasteiger charge is 2.30. The molecule has 0 spiro atoms. The molecule has 7 heteroatoms. The molecule has 1 unspecified atom stereocenters. The zero-order valence-corrected chi connectivity index (χ0v) is 14.6. The van der Waals surface area contributed by atoms with E-state index in [1.807, 2.05) is 0 Å². The van der Waals surface area contributed by atoms with E-state index in [0.29, 0.717) is 11.4 Å². The SMILES string of the molecule is COc1ccc(N(C(C)C(=O)NC2CCCC2)S(C)(=O)=O)cc1. The zero-order chi connectivity index (χ0) is 17.0. The topological polar surface area (TPSA) is 75.7 Å². The van der Waals surface area contributed by atoms with Crippen molar-refractivity contribution in [3.63, 3.8) is 0 Å². The summed E-state index contributed by atoms with van der Waals surface area (Å²) in [6, 6.07) is 5.98. The molecule has 1 atom stereocenters. The number of carbonyl (C=O) groups excluding carboxylic acids is 1. The molecule has 1 aliphatic rings. The van der Waals surface area contributed by atoms with Crippen LogP contribution < -0.4 is 14.4 Å². The van der Waals surface area contributed by atoms with Crippen molar-refractivity contribution in [3.8, 4) is 5.75 Å². The van der Waals surface area contributed by atoms with Gasteiger partial charge in [0.15, 0.2) is 0 Å². The second-order valence-electron chi connectivity index (χ2n) is 5.92. The van der Waals surface area contributed by atoms with Crippen LogP contribution in [0.3, 0.4) is 0 Å². The summed E-state index contributed by atoms with van der Waals surface area (Å²) in [4.78, 5) is 12.4. The van der Waals surface area contributed by atoms with Crippen LogP contribution >= 0.6 is 0 Å². The van der Waals surface area contributed by atoms with E-state index in [1.54, 1.807) is 38.3 Å². The largest absolute Gasteiger partial charge is 0.497 e. The van der Waals surface area contributed by atoms with Crippen LogP contribution in [0.25, 0.3) is 0 Å². The fourth-order valence-electron chi connectivity index (χ4n) is 2.93. The number of ether oxygens (including phenoxy) is 1. The maximum absolute atomic E-state index is 12.4. The van der Waals surface area contributed by atoms with Crippen LogP contribution in [0.4, 0.5) is 5.69 Å². The highest BCUT2D eigenvalue weighted by Crippen LogP contribution is 2.24. The van der Waals surface area contributed by atoms with E-state index in [2.05, 4.69) is 5.32 Å². The van der Waals surface area contributed by atoms with Gasteiger partial charge in [-0.25, -0.2) is 8.42 Å². The highest BCUT2D eigenvalue weighted by atomic mass is 32.2. The van der Waals surface area contributed by atoms with Crippen LogP contribution in [-0.4, -0.2) is 39.8 Å². The number of amides is 1. The van der Waals surface area contributed by atoms with Crippen LogP contribution in [0.2, 0.25) is 0 Å². The first kappa shape index (κ1) is 17.6. The number of anilines is 1. The Labute approximate surface area is 137 Å². The van der Waals surface area contributed by atoms with Crippen molar-refractivity contribution in [3.05, 3.63) is 24.3 Å². The molecule has 1 saturated carbocycles. The molecule has 1 aliphatic carbocycles. The van der Waals surface area contributed by atoms with Crippen LogP contribution in [0.5, 0.6) is 5.75 Å². The molecule has 0 radical (unpaired) electrons. The van der Waals surface area contributed by atoms with Crippen LogP contribution in [0, 0.1) is 0 Å². The Balaban J connectivity index is 2.21. The summed E-state index contributed by atoms with van der Waals surface area (Å²) in [5, 5.41) is 2.95. The van der Waals surface area contributed by atoms with Crippen molar-refractivity contribution in [2.75, 3.05) is 17.7 Å². The monoisotopic (exact) mass is 340 g/mol. The molecule has 1 aromatic carbocycles. The predicted octanol–water partition coefficient (Wildman–Crippen LogP) is 1.91. The van der Waals surface area contributed by atoms with Gasteiger partial charge in [0.25, 0.3) is 0 Å². The Bertz CT molecular complexity index is 637. The van der Waals surface area contributed by atoms with E-state index in [0.717, 1.165) is 36.2 Å². The van der Waals surface area contributed by atoms with Crippen LogP contribution in [0.15, 0.2) is 24.3 Å². The molecule has 1 N–H and O–H groups in total. The number of nitrogens with one attached hydrogen (secondary N) is 1. The lowest BCUT2D eigenvalue weighted by Crippen LogP contribution is -2.49. The average molecular weight is 340 g/mol. The molecule has 6 nitrogen and oxygen atoms in total. The quantitative estimate of drug-likeness (QED) is 0.858. The lowest BCUT2D eigenvalue weighted by atomic mass is 10.2. The summed E-state index contributed by atoms with van der Waals surface area (Å²) >= 11 is 0. The Morgan fingerprint density at radius 1 is 1.26 bits per heavy atom. The number of hydrogen-bond acceptors (Lipinski definition) is 4. The molecular formula is C16H24N2O4S. The van der Waals surface area contributed by atoms with Crippen LogP contribution in [-0.2, 0) is 14.8 Å². The standard InChI is InChI=1S/C16H24N2O4S/c1-12(16(19)17-13-6-4-5-7-13)18(23(3,20)21)14-8-10-15(22-2)11-9-14/h8-13H,4-7H2,1-3H3,(H,17,19). The summed E-state index contributed by atoms with van der Waals surface area (Å²) in [6.07, 6.45) is 5.23. The maximum atomic E-state index is 12.4. The van der Waals surface area contributed by atoms with Crippen molar-refractivity contribution in [1.82, 2.24) is 5.32 Å². The summed E-state index contributed by atoms with van der Waals surface area (Å²) < 4.78 is 30.6. The Kier molecular flexibility index (Phi) is 5.51. The van der Waals surface area contributed by atoms with E-state index in [9.17, 15) is 13.2 Å². The molecule has 2 rings (SSSR count). The van der Waals surface area contributed by atoms with Gasteiger partial charge in [0.2, 0.25) is 15.9 Å². The van der Waals surface area contributed by atoms with Gasteiger partial charge in [0.05, 0.1) is 19.1 Å². The first-order valence-corrected chi connectivity index (χ1v) is 9.61. The van der Waals surface area contributed by atoms with Gasteiger partial charge >= 0.3 is 0 Å². The van der Waals surface area contributed by atoms with Crippen LogP contribution in [0.1, 0.15) is 32.6 Å². The minimum Gasteiger partial charge on any atom is -0.497 e. The van der Waals surface area contributed by atoms with Gasteiger partial charge in [-0.05, 0) is 44.0 Å². The number of methoxy groups -OCH3 is 1. The van der Waals surface area contributed by atoms with E-state index in [-0.39, 0.29) is 11.9 Å². The molecule has 0 saturated heterocycles. The lowest BCUT2D eigenvalue weighted by molar-refractivity contribution is -0.122. The van der Waals surface area contributed by atoms with Gasteiger partial charge in [0.1, 0.15) is 11.8 Å². The first-order valence-electron chi connectivity index (χ1n) is 7.77. The second-order valence-corrected chi connectivity index (χ2v) is 7.78. The zero-order valence-electron chi connectivity index (χ0n) is 13.8. The van der Waals surface area contributed by atoms with Gasteiger partial charge in [-0.3, -0.25) is 9.10 Å². The first-order chi connectivity index (χ1) is 10.8. The third kappa shape index (κ3) is 4.37. The van der Waals surface area contributed by atoms with Gasteiger partial charge < -0.3 is 10.1 Å². The number of hydrogen-bond donors (Lipinski definition) is 1. The summed E-state index contributed by atoms with van der Waals surface area (Å²) in [5.74, 6) is 0.364. The molecule has 0 bridgehead atoms. The average Bonchev–Trinajstić information content (AvgIpc) is 2.99. The van der Waals surface area contributed by atoms with Gasteiger partial charge in [0, 0.05) is 6.04 Å². The highest BCUT2D eigenvalue weighted by molar-refractivity contribution is 7.92. The van der Waals surface area contributed by atoms with E-state index in [1.165, 1.54) is 0 Å². The molecule has 0 heterocycles. The third-order valence-corrected chi connectivity index (χ3v) is 5.36. The normalized spacial score (nSPS) is 16.8.